The van der Waals surface area contributed by atoms with Gasteiger partial charge in [-0.2, -0.15) is 0 Å². The predicted molar refractivity (Wildman–Crippen MR) is 76.9 cm³/mol. The number of nitrogens with zero attached hydrogens (tertiary/aromatic N) is 2. The van der Waals surface area contributed by atoms with E-state index in [1.54, 1.807) is 6.07 Å². The van der Waals surface area contributed by atoms with Crippen LogP contribution in [0.1, 0.15) is 30.1 Å². The van der Waals surface area contributed by atoms with E-state index in [1.165, 1.54) is 0 Å². The Balaban J connectivity index is 2.50. The molecule has 0 fully saturated rings. The van der Waals surface area contributed by atoms with Crippen LogP contribution in [0.25, 0.3) is 10.9 Å². The van der Waals surface area contributed by atoms with Crippen molar-refractivity contribution in [2.45, 2.75) is 19.8 Å². The summed E-state index contributed by atoms with van der Waals surface area (Å²) in [6.07, 6.45) is 2.09. The second-order valence-corrected chi connectivity index (χ2v) is 4.63. The molecule has 100 valence electrons. The van der Waals surface area contributed by atoms with E-state index in [1.807, 2.05) is 36.2 Å². The Labute approximate surface area is 112 Å². The summed E-state index contributed by atoms with van der Waals surface area (Å²) >= 11 is 0. The molecular formula is C15H18N2O2. The molecule has 0 aliphatic carbocycles. The SMILES string of the molecule is CCCCN(C)c1nc2ccccc2cc1C(=O)O. The highest BCUT2D eigenvalue weighted by Crippen LogP contribution is 2.23. The third-order valence-corrected chi connectivity index (χ3v) is 3.14. The van der Waals surface area contributed by atoms with Crippen LogP contribution in [0.2, 0.25) is 0 Å². The van der Waals surface area contributed by atoms with Gasteiger partial charge in [0.15, 0.2) is 0 Å². The molecule has 1 N–H and O–H groups in total. The van der Waals surface area contributed by atoms with Crippen LogP contribution in [-0.4, -0.2) is 29.7 Å². The lowest BCUT2D eigenvalue weighted by Gasteiger charge is -2.20. The molecular weight excluding hydrogens is 240 g/mol. The number of fused-ring (bicyclic) bond motifs is 1. The number of carboxylic acids is 1. The first kappa shape index (κ1) is 13.3. The largest absolute Gasteiger partial charge is 0.478 e. The molecule has 2 aromatic rings. The minimum atomic E-state index is -0.934. The number of carboxylic acid groups (broad SMARTS) is 1. The van der Waals surface area contributed by atoms with Gasteiger partial charge in [-0.15, -0.1) is 0 Å². The molecule has 0 aliphatic rings. The van der Waals surface area contributed by atoms with Gasteiger partial charge in [0.25, 0.3) is 0 Å². The van der Waals surface area contributed by atoms with Crippen molar-refractivity contribution in [3.05, 3.63) is 35.9 Å². The van der Waals surface area contributed by atoms with Gasteiger partial charge in [0.05, 0.1) is 5.52 Å². The summed E-state index contributed by atoms with van der Waals surface area (Å²) in [7, 11) is 1.89. The zero-order chi connectivity index (χ0) is 13.8. The average Bonchev–Trinajstić information content (AvgIpc) is 2.43. The lowest BCUT2D eigenvalue weighted by atomic mass is 10.1. The number of pyridine rings is 1. The van der Waals surface area contributed by atoms with Crippen molar-refractivity contribution < 1.29 is 9.90 Å². The second kappa shape index (κ2) is 5.69. The number of hydrogen-bond donors (Lipinski definition) is 1. The normalized spacial score (nSPS) is 10.6. The van der Waals surface area contributed by atoms with Gasteiger partial charge in [0.1, 0.15) is 11.4 Å². The summed E-state index contributed by atoms with van der Waals surface area (Å²) in [5.41, 5.74) is 1.09. The number of unbranched alkanes of at least 4 members (excludes halogenated alkanes) is 1. The zero-order valence-electron chi connectivity index (χ0n) is 11.3. The molecule has 0 radical (unpaired) electrons. The minimum absolute atomic E-state index is 0.261. The maximum Gasteiger partial charge on any atom is 0.339 e. The molecule has 0 saturated carbocycles. The minimum Gasteiger partial charge on any atom is -0.478 e. The Kier molecular flexibility index (Phi) is 4.00. The van der Waals surface area contributed by atoms with E-state index in [0.29, 0.717) is 5.82 Å². The van der Waals surface area contributed by atoms with Crippen LogP contribution in [0.3, 0.4) is 0 Å². The van der Waals surface area contributed by atoms with Crippen LogP contribution in [0.15, 0.2) is 30.3 Å². The van der Waals surface area contributed by atoms with Gasteiger partial charge < -0.3 is 10.0 Å². The molecule has 0 saturated heterocycles. The lowest BCUT2D eigenvalue weighted by molar-refractivity contribution is 0.0697. The Morgan fingerprint density at radius 3 is 2.79 bits per heavy atom. The highest BCUT2D eigenvalue weighted by Gasteiger charge is 2.16. The van der Waals surface area contributed by atoms with E-state index >= 15 is 0 Å². The molecule has 0 amide bonds. The van der Waals surface area contributed by atoms with Gasteiger partial charge >= 0.3 is 5.97 Å². The summed E-state index contributed by atoms with van der Waals surface area (Å²) < 4.78 is 0. The van der Waals surface area contributed by atoms with Crippen molar-refractivity contribution in [2.75, 3.05) is 18.5 Å². The number of carbonyl (C=O) groups is 1. The summed E-state index contributed by atoms with van der Waals surface area (Å²) in [5, 5.41) is 10.2. The number of anilines is 1. The third kappa shape index (κ3) is 2.84. The number of aromatic nitrogens is 1. The van der Waals surface area contributed by atoms with Crippen LogP contribution in [0, 0.1) is 0 Å². The molecule has 1 aromatic heterocycles. The number of benzene rings is 1. The van der Waals surface area contributed by atoms with Crippen LogP contribution in [0.4, 0.5) is 5.82 Å². The lowest BCUT2D eigenvalue weighted by Crippen LogP contribution is -2.22. The zero-order valence-corrected chi connectivity index (χ0v) is 11.3. The highest BCUT2D eigenvalue weighted by molar-refractivity contribution is 5.98. The highest BCUT2D eigenvalue weighted by atomic mass is 16.4. The van der Waals surface area contributed by atoms with Gasteiger partial charge in [-0.1, -0.05) is 31.5 Å². The Bertz CT molecular complexity index is 596. The molecule has 4 heteroatoms. The van der Waals surface area contributed by atoms with E-state index in [2.05, 4.69) is 11.9 Å². The van der Waals surface area contributed by atoms with Gasteiger partial charge in [-0.25, -0.2) is 9.78 Å². The molecule has 0 atom stereocenters. The number of rotatable bonds is 5. The average molecular weight is 258 g/mol. The van der Waals surface area contributed by atoms with Crippen LogP contribution in [-0.2, 0) is 0 Å². The third-order valence-electron chi connectivity index (χ3n) is 3.14. The van der Waals surface area contributed by atoms with E-state index in [9.17, 15) is 9.90 Å². The maximum atomic E-state index is 11.4. The van der Waals surface area contributed by atoms with Crippen molar-refractivity contribution in [2.24, 2.45) is 0 Å². The van der Waals surface area contributed by atoms with Crippen LogP contribution in [0.5, 0.6) is 0 Å². The van der Waals surface area contributed by atoms with Gasteiger partial charge in [0, 0.05) is 19.0 Å². The predicted octanol–water partition coefficient (Wildman–Crippen LogP) is 3.17. The van der Waals surface area contributed by atoms with Gasteiger partial charge in [-0.3, -0.25) is 0 Å². The Morgan fingerprint density at radius 2 is 2.11 bits per heavy atom. The fourth-order valence-corrected chi connectivity index (χ4v) is 2.06. The topological polar surface area (TPSA) is 53.4 Å². The molecule has 2 rings (SSSR count). The molecule has 4 nitrogen and oxygen atoms in total. The summed E-state index contributed by atoms with van der Waals surface area (Å²) in [5.74, 6) is -0.392. The van der Waals surface area contributed by atoms with Crippen LogP contribution >= 0.6 is 0 Å². The first-order chi connectivity index (χ1) is 9.13. The van der Waals surface area contributed by atoms with E-state index in [-0.39, 0.29) is 5.56 Å². The number of aromatic carboxylic acids is 1. The monoisotopic (exact) mass is 258 g/mol. The second-order valence-electron chi connectivity index (χ2n) is 4.63. The molecule has 0 unspecified atom stereocenters. The van der Waals surface area contributed by atoms with Crippen molar-refractivity contribution in [1.29, 1.82) is 0 Å². The van der Waals surface area contributed by atoms with Crippen molar-refractivity contribution in [3.8, 4) is 0 Å². The summed E-state index contributed by atoms with van der Waals surface area (Å²) in [4.78, 5) is 17.8. The van der Waals surface area contributed by atoms with Crippen molar-refractivity contribution >= 4 is 22.7 Å². The Hall–Kier alpha value is -2.10. The molecule has 1 heterocycles. The number of hydrogen-bond acceptors (Lipinski definition) is 3. The van der Waals surface area contributed by atoms with Gasteiger partial charge in [-0.05, 0) is 18.6 Å². The van der Waals surface area contributed by atoms with E-state index in [4.69, 9.17) is 0 Å². The van der Waals surface area contributed by atoms with Crippen molar-refractivity contribution in [1.82, 2.24) is 4.98 Å². The standard InChI is InChI=1S/C15H18N2O2/c1-3-4-9-17(2)14-12(15(18)19)10-11-7-5-6-8-13(11)16-14/h5-8,10H,3-4,9H2,1-2H3,(H,18,19). The summed E-state index contributed by atoms with van der Waals surface area (Å²) in [6.45, 7) is 2.92. The van der Waals surface area contributed by atoms with E-state index in [0.717, 1.165) is 30.3 Å². The fourth-order valence-electron chi connectivity index (χ4n) is 2.06. The first-order valence-electron chi connectivity index (χ1n) is 6.47. The molecule has 0 aliphatic heterocycles. The van der Waals surface area contributed by atoms with Crippen LogP contribution < -0.4 is 4.90 Å². The summed E-state index contributed by atoms with van der Waals surface area (Å²) in [6, 6.07) is 9.27. The fraction of sp³-hybridized carbons (Fsp3) is 0.333. The van der Waals surface area contributed by atoms with Crippen molar-refractivity contribution in [3.63, 3.8) is 0 Å². The maximum absolute atomic E-state index is 11.4. The first-order valence-corrected chi connectivity index (χ1v) is 6.47. The molecule has 0 spiro atoms. The molecule has 19 heavy (non-hydrogen) atoms. The molecule has 0 bridgehead atoms. The Morgan fingerprint density at radius 1 is 1.37 bits per heavy atom. The molecule has 1 aromatic carbocycles. The quantitative estimate of drug-likeness (QED) is 0.895. The van der Waals surface area contributed by atoms with E-state index < -0.39 is 5.97 Å². The smallest absolute Gasteiger partial charge is 0.339 e. The van der Waals surface area contributed by atoms with Gasteiger partial charge in [0.2, 0.25) is 0 Å². The number of para-hydroxylation sites is 1.